The van der Waals surface area contributed by atoms with Gasteiger partial charge in [0.1, 0.15) is 0 Å². The van der Waals surface area contributed by atoms with Crippen LogP contribution in [-0.4, -0.2) is 50.0 Å². The molecule has 0 aliphatic carbocycles. The first-order valence-electron chi connectivity index (χ1n) is 5.44. The Morgan fingerprint density at radius 1 is 1.12 bits per heavy atom. The molecule has 7 heteroatoms. The van der Waals surface area contributed by atoms with Gasteiger partial charge in [0.2, 0.25) is 5.91 Å². The van der Waals surface area contributed by atoms with Gasteiger partial charge in [-0.05, 0) is 6.42 Å². The van der Waals surface area contributed by atoms with E-state index in [1.165, 1.54) is 0 Å². The van der Waals surface area contributed by atoms with Gasteiger partial charge in [-0.3, -0.25) is 9.59 Å². The van der Waals surface area contributed by atoms with E-state index in [2.05, 4.69) is 0 Å². The van der Waals surface area contributed by atoms with E-state index in [1.807, 2.05) is 0 Å². The van der Waals surface area contributed by atoms with Crippen LogP contribution in [0, 0.1) is 5.92 Å². The predicted molar refractivity (Wildman–Crippen MR) is 60.2 cm³/mol. The number of hydrogen-bond acceptors (Lipinski definition) is 5. The first kappa shape index (κ1) is 15.8. The quantitative estimate of drug-likeness (QED) is 0.400. The highest BCUT2D eigenvalue weighted by Crippen LogP contribution is 2.08. The van der Waals surface area contributed by atoms with E-state index in [1.54, 1.807) is 0 Å². The maximum atomic E-state index is 10.9. The maximum Gasteiger partial charge on any atom is 0.304 e. The molecule has 0 aromatic carbocycles. The van der Waals surface area contributed by atoms with E-state index < -0.39 is 17.8 Å². The van der Waals surface area contributed by atoms with Crippen LogP contribution in [0.1, 0.15) is 12.8 Å². The van der Waals surface area contributed by atoms with E-state index in [4.69, 9.17) is 26.0 Å². The molecule has 5 N–H and O–H groups in total. The molecule has 0 spiro atoms. The number of carbonyl (C=O) groups is 2. The zero-order valence-corrected chi connectivity index (χ0v) is 9.76. The SMILES string of the molecule is NCCOCCOCCC(CC(=O)O)C(N)=O. The Morgan fingerprint density at radius 3 is 2.18 bits per heavy atom. The summed E-state index contributed by atoms with van der Waals surface area (Å²) in [6, 6.07) is 0. The summed E-state index contributed by atoms with van der Waals surface area (Å²) >= 11 is 0. The molecule has 0 bridgehead atoms. The molecule has 0 heterocycles. The van der Waals surface area contributed by atoms with Crippen molar-refractivity contribution in [2.45, 2.75) is 12.8 Å². The third-order valence-corrected chi connectivity index (χ3v) is 2.07. The molecule has 0 saturated heterocycles. The van der Waals surface area contributed by atoms with Gasteiger partial charge in [0.05, 0.1) is 32.2 Å². The van der Waals surface area contributed by atoms with Crippen molar-refractivity contribution in [3.63, 3.8) is 0 Å². The van der Waals surface area contributed by atoms with Gasteiger partial charge in [-0.1, -0.05) is 0 Å². The number of aliphatic carboxylic acids is 1. The third kappa shape index (κ3) is 9.73. The molecule has 7 nitrogen and oxygen atoms in total. The van der Waals surface area contributed by atoms with Crippen LogP contribution in [0.3, 0.4) is 0 Å². The highest BCUT2D eigenvalue weighted by molar-refractivity contribution is 5.81. The average Bonchev–Trinajstić information content (AvgIpc) is 2.25. The smallest absolute Gasteiger partial charge is 0.304 e. The lowest BCUT2D eigenvalue weighted by atomic mass is 10.0. The van der Waals surface area contributed by atoms with Gasteiger partial charge < -0.3 is 26.0 Å². The van der Waals surface area contributed by atoms with Crippen molar-refractivity contribution in [1.29, 1.82) is 0 Å². The van der Waals surface area contributed by atoms with Crippen LogP contribution >= 0.6 is 0 Å². The first-order chi connectivity index (χ1) is 8.07. The van der Waals surface area contributed by atoms with Crippen molar-refractivity contribution in [3.8, 4) is 0 Å². The minimum absolute atomic E-state index is 0.262. The fraction of sp³-hybridized carbons (Fsp3) is 0.800. The summed E-state index contributed by atoms with van der Waals surface area (Å²) in [4.78, 5) is 21.3. The zero-order valence-electron chi connectivity index (χ0n) is 9.76. The van der Waals surface area contributed by atoms with Gasteiger partial charge in [-0.15, -0.1) is 0 Å². The molecular formula is C10H20N2O5. The van der Waals surface area contributed by atoms with Crippen molar-refractivity contribution < 1.29 is 24.2 Å². The van der Waals surface area contributed by atoms with E-state index >= 15 is 0 Å². The topological polar surface area (TPSA) is 125 Å². The minimum atomic E-state index is -1.04. The van der Waals surface area contributed by atoms with Crippen LogP contribution in [0.15, 0.2) is 0 Å². The van der Waals surface area contributed by atoms with Crippen molar-refractivity contribution in [2.75, 3.05) is 33.0 Å². The summed E-state index contributed by atoms with van der Waals surface area (Å²) in [5.41, 5.74) is 10.3. The molecule has 1 amide bonds. The number of hydrogen-bond donors (Lipinski definition) is 3. The number of carbonyl (C=O) groups excluding carboxylic acids is 1. The van der Waals surface area contributed by atoms with Crippen LogP contribution in [0.2, 0.25) is 0 Å². The molecule has 1 atom stereocenters. The highest BCUT2D eigenvalue weighted by Gasteiger charge is 2.18. The van der Waals surface area contributed by atoms with Gasteiger partial charge >= 0.3 is 5.97 Å². The normalized spacial score (nSPS) is 12.3. The van der Waals surface area contributed by atoms with E-state index in [-0.39, 0.29) is 13.0 Å². The molecule has 0 radical (unpaired) electrons. The van der Waals surface area contributed by atoms with Crippen molar-refractivity contribution in [1.82, 2.24) is 0 Å². The molecule has 17 heavy (non-hydrogen) atoms. The minimum Gasteiger partial charge on any atom is -0.481 e. The number of amides is 1. The summed E-state index contributed by atoms with van der Waals surface area (Å²) in [6.45, 7) is 2.04. The zero-order chi connectivity index (χ0) is 13.1. The molecule has 0 aliphatic heterocycles. The van der Waals surface area contributed by atoms with Crippen LogP contribution in [0.5, 0.6) is 0 Å². The van der Waals surface area contributed by atoms with E-state index in [9.17, 15) is 9.59 Å². The predicted octanol–water partition coefficient (Wildman–Crippen LogP) is -1.06. The molecule has 100 valence electrons. The van der Waals surface area contributed by atoms with Crippen molar-refractivity contribution in [3.05, 3.63) is 0 Å². The number of ether oxygens (including phenoxy) is 2. The molecule has 0 fully saturated rings. The second-order valence-electron chi connectivity index (χ2n) is 3.50. The largest absolute Gasteiger partial charge is 0.481 e. The molecule has 1 unspecified atom stereocenters. The lowest BCUT2D eigenvalue weighted by Gasteiger charge is -2.11. The fourth-order valence-electron chi connectivity index (χ4n) is 1.19. The number of carboxylic acid groups (broad SMARTS) is 1. The lowest BCUT2D eigenvalue weighted by molar-refractivity contribution is -0.140. The van der Waals surface area contributed by atoms with Gasteiger partial charge in [0.25, 0.3) is 0 Å². The summed E-state index contributed by atoms with van der Waals surface area (Å²) in [6.07, 6.45) is 0.0425. The van der Waals surface area contributed by atoms with Crippen molar-refractivity contribution in [2.24, 2.45) is 17.4 Å². The Bertz CT molecular complexity index is 235. The van der Waals surface area contributed by atoms with Crippen LogP contribution < -0.4 is 11.5 Å². The fourth-order valence-corrected chi connectivity index (χ4v) is 1.19. The van der Waals surface area contributed by atoms with Crippen molar-refractivity contribution >= 4 is 11.9 Å². The molecule has 0 aromatic heterocycles. The first-order valence-corrected chi connectivity index (χ1v) is 5.44. The maximum absolute atomic E-state index is 10.9. The highest BCUT2D eigenvalue weighted by atomic mass is 16.5. The lowest BCUT2D eigenvalue weighted by Crippen LogP contribution is -2.27. The second-order valence-corrected chi connectivity index (χ2v) is 3.50. The standard InChI is InChI=1S/C10H20N2O5/c11-2-4-17-6-5-16-3-1-8(10(12)15)7-9(13)14/h8H,1-7,11H2,(H2,12,15)(H,13,14). The second kappa shape index (κ2) is 10.0. The third-order valence-electron chi connectivity index (χ3n) is 2.07. The Morgan fingerprint density at radius 2 is 1.71 bits per heavy atom. The summed E-state index contributed by atoms with van der Waals surface area (Å²) < 4.78 is 10.2. The van der Waals surface area contributed by atoms with Gasteiger partial charge in [-0.2, -0.15) is 0 Å². The molecular weight excluding hydrogens is 228 g/mol. The molecule has 0 aliphatic rings. The van der Waals surface area contributed by atoms with Crippen LogP contribution in [0.25, 0.3) is 0 Å². The van der Waals surface area contributed by atoms with Gasteiger partial charge in [-0.25, -0.2) is 0 Å². The van der Waals surface area contributed by atoms with E-state index in [0.717, 1.165) is 0 Å². The number of rotatable bonds is 11. The Hall–Kier alpha value is -1.18. The van der Waals surface area contributed by atoms with Crippen LogP contribution in [0.4, 0.5) is 0 Å². The monoisotopic (exact) mass is 248 g/mol. The van der Waals surface area contributed by atoms with Gasteiger partial charge in [0, 0.05) is 13.2 Å². The average molecular weight is 248 g/mol. The number of primary amides is 1. The number of carboxylic acids is 1. The summed E-state index contributed by atoms with van der Waals surface area (Å²) in [5.74, 6) is -2.34. The molecule has 0 saturated carbocycles. The Kier molecular flexibility index (Phi) is 9.31. The van der Waals surface area contributed by atoms with E-state index in [0.29, 0.717) is 32.8 Å². The molecule has 0 aromatic rings. The molecule has 0 rings (SSSR count). The summed E-state index contributed by atoms with van der Waals surface area (Å²) in [7, 11) is 0. The van der Waals surface area contributed by atoms with Gasteiger partial charge in [0.15, 0.2) is 0 Å². The Balaban J connectivity index is 3.55. The Labute approximate surface area is 100 Å². The summed E-state index contributed by atoms with van der Waals surface area (Å²) in [5, 5.41) is 8.55. The number of nitrogens with two attached hydrogens (primary N) is 2. The van der Waals surface area contributed by atoms with Crippen LogP contribution in [-0.2, 0) is 19.1 Å².